The predicted octanol–water partition coefficient (Wildman–Crippen LogP) is 0.474. The quantitative estimate of drug-likeness (QED) is 0.535. The van der Waals surface area contributed by atoms with E-state index < -0.39 is 12.1 Å². The van der Waals surface area contributed by atoms with Gasteiger partial charge < -0.3 is 15.0 Å². The van der Waals surface area contributed by atoms with E-state index in [1.807, 2.05) is 25.1 Å². The summed E-state index contributed by atoms with van der Waals surface area (Å²) in [7, 11) is 4.76. The van der Waals surface area contributed by atoms with Crippen molar-refractivity contribution in [3.63, 3.8) is 0 Å². The number of amides is 4. The molecular formula is C20H29N5O4S. The van der Waals surface area contributed by atoms with Gasteiger partial charge in [-0.1, -0.05) is 29.8 Å². The second-order valence-electron chi connectivity index (χ2n) is 7.52. The van der Waals surface area contributed by atoms with Crippen LogP contribution in [0.2, 0.25) is 0 Å². The molecule has 2 fully saturated rings. The van der Waals surface area contributed by atoms with Crippen LogP contribution in [-0.2, 0) is 14.3 Å². The predicted molar refractivity (Wildman–Crippen MR) is 115 cm³/mol. The number of ether oxygens (including phenoxy) is 1. The van der Waals surface area contributed by atoms with Gasteiger partial charge >= 0.3 is 6.03 Å². The van der Waals surface area contributed by atoms with Crippen molar-refractivity contribution in [2.75, 3.05) is 40.1 Å². The molecule has 1 aromatic rings. The molecule has 3 rings (SSSR count). The van der Waals surface area contributed by atoms with Crippen molar-refractivity contribution in [3.8, 4) is 0 Å². The summed E-state index contributed by atoms with van der Waals surface area (Å²) in [4.78, 5) is 40.3. The number of carbonyl (C=O) groups is 3. The lowest BCUT2D eigenvalue weighted by molar-refractivity contribution is -0.140. The molecule has 9 nitrogen and oxygen atoms in total. The van der Waals surface area contributed by atoms with Crippen LogP contribution in [0.4, 0.5) is 4.79 Å². The van der Waals surface area contributed by atoms with Crippen molar-refractivity contribution >= 4 is 29.6 Å². The minimum Gasteiger partial charge on any atom is -0.383 e. The third kappa shape index (κ3) is 4.77. The molecule has 2 aliphatic rings. The Balaban J connectivity index is 1.80. The topological polar surface area (TPSA) is 103 Å². The number of benzene rings is 1. The molecule has 2 aliphatic heterocycles. The summed E-state index contributed by atoms with van der Waals surface area (Å²) >= 11 is 1.37. The molecule has 3 N–H and O–H groups in total. The zero-order valence-electron chi connectivity index (χ0n) is 17.7. The molecule has 0 aliphatic carbocycles. The fourth-order valence-corrected chi connectivity index (χ4v) is 4.89. The molecule has 0 bridgehead atoms. The number of aryl methyl sites for hydroxylation is 1. The highest BCUT2D eigenvalue weighted by Gasteiger charge is 2.51. The number of rotatable bonds is 7. The van der Waals surface area contributed by atoms with Crippen LogP contribution in [-0.4, -0.2) is 79.3 Å². The molecule has 2 heterocycles. The van der Waals surface area contributed by atoms with Crippen molar-refractivity contribution < 1.29 is 19.1 Å². The first kappa shape index (κ1) is 22.5. The number of fused-ring (bicyclic) bond motifs is 1. The van der Waals surface area contributed by atoms with Crippen LogP contribution >= 0.6 is 11.8 Å². The SMILES string of the molecule is COCCNC(=O)CSC1NC(c2cccc(C)c2)NC2C1C(=O)N(C)C(=O)N2C. The van der Waals surface area contributed by atoms with Gasteiger partial charge in [0.05, 0.1) is 36.0 Å². The molecule has 0 saturated carbocycles. The van der Waals surface area contributed by atoms with Gasteiger partial charge in [-0.25, -0.2) is 4.79 Å². The van der Waals surface area contributed by atoms with E-state index in [1.54, 1.807) is 19.1 Å². The van der Waals surface area contributed by atoms with Gasteiger partial charge in [-0.15, -0.1) is 11.8 Å². The monoisotopic (exact) mass is 435 g/mol. The summed E-state index contributed by atoms with van der Waals surface area (Å²) in [5.74, 6) is -0.708. The van der Waals surface area contributed by atoms with Gasteiger partial charge in [-0.2, -0.15) is 0 Å². The van der Waals surface area contributed by atoms with E-state index in [-0.39, 0.29) is 35.1 Å². The number of nitrogens with one attached hydrogen (secondary N) is 3. The first-order valence-corrected chi connectivity index (χ1v) is 10.9. The summed E-state index contributed by atoms with van der Waals surface area (Å²) in [5, 5.41) is 9.32. The number of methoxy groups -OCH3 is 1. The molecule has 2 saturated heterocycles. The van der Waals surface area contributed by atoms with Gasteiger partial charge in [0.1, 0.15) is 0 Å². The maximum Gasteiger partial charge on any atom is 0.327 e. The number of hydrogen-bond donors (Lipinski definition) is 3. The number of carbonyl (C=O) groups excluding carboxylic acids is 3. The third-order valence-electron chi connectivity index (χ3n) is 5.35. The summed E-state index contributed by atoms with van der Waals surface area (Å²) in [6.07, 6.45) is -0.728. The fraction of sp³-hybridized carbons (Fsp3) is 0.550. The number of thioether (sulfide) groups is 1. The van der Waals surface area contributed by atoms with Crippen molar-refractivity contribution in [2.45, 2.75) is 24.6 Å². The van der Waals surface area contributed by atoms with Gasteiger partial charge in [0.25, 0.3) is 0 Å². The summed E-state index contributed by atoms with van der Waals surface area (Å²) in [6, 6.07) is 7.69. The number of imide groups is 1. The van der Waals surface area contributed by atoms with E-state index in [1.165, 1.54) is 18.8 Å². The van der Waals surface area contributed by atoms with E-state index in [0.717, 1.165) is 16.0 Å². The van der Waals surface area contributed by atoms with Crippen LogP contribution in [0.25, 0.3) is 0 Å². The molecule has 4 atom stereocenters. The smallest absolute Gasteiger partial charge is 0.327 e. The molecule has 1 aromatic carbocycles. The first-order chi connectivity index (χ1) is 14.3. The minimum atomic E-state index is -0.518. The normalized spacial score (nSPS) is 26.5. The Morgan fingerprint density at radius 1 is 1.27 bits per heavy atom. The zero-order chi connectivity index (χ0) is 21.8. The molecule has 0 aromatic heterocycles. The highest BCUT2D eigenvalue weighted by molar-refractivity contribution is 8.00. The van der Waals surface area contributed by atoms with Gasteiger partial charge in [-0.3, -0.25) is 25.1 Å². The van der Waals surface area contributed by atoms with E-state index >= 15 is 0 Å². The van der Waals surface area contributed by atoms with Crippen molar-refractivity contribution in [2.24, 2.45) is 5.92 Å². The third-order valence-corrected chi connectivity index (χ3v) is 6.57. The summed E-state index contributed by atoms with van der Waals surface area (Å²) < 4.78 is 4.95. The Kier molecular flexibility index (Phi) is 7.35. The molecule has 10 heteroatoms. The summed E-state index contributed by atoms with van der Waals surface area (Å²) in [5.41, 5.74) is 2.12. The van der Waals surface area contributed by atoms with Gasteiger partial charge in [0.15, 0.2) is 0 Å². The van der Waals surface area contributed by atoms with Crippen molar-refractivity contribution in [1.29, 1.82) is 0 Å². The van der Waals surface area contributed by atoms with Crippen molar-refractivity contribution in [3.05, 3.63) is 35.4 Å². The van der Waals surface area contributed by atoms with E-state index in [9.17, 15) is 14.4 Å². The average Bonchev–Trinajstić information content (AvgIpc) is 2.74. The van der Waals surface area contributed by atoms with E-state index in [0.29, 0.717) is 13.2 Å². The van der Waals surface area contributed by atoms with Crippen molar-refractivity contribution in [1.82, 2.24) is 25.8 Å². The second kappa shape index (κ2) is 9.78. The Morgan fingerprint density at radius 2 is 2.03 bits per heavy atom. The first-order valence-electron chi connectivity index (χ1n) is 9.83. The largest absolute Gasteiger partial charge is 0.383 e. The van der Waals surface area contributed by atoms with Crippen LogP contribution in [0, 0.1) is 12.8 Å². The highest BCUT2D eigenvalue weighted by atomic mass is 32.2. The standard InChI is InChI=1S/C20H29N5O4S/c1-12-6-5-7-13(10-12)16-22-17-15(19(27)25(3)20(28)24(17)2)18(23-16)30-11-14(26)21-8-9-29-4/h5-7,10,15-18,22-23H,8-9,11H2,1-4H3,(H,21,26). The number of nitrogens with zero attached hydrogens (tertiary/aromatic N) is 2. The fourth-order valence-electron chi connectivity index (χ4n) is 3.75. The molecule has 4 amide bonds. The zero-order valence-corrected chi connectivity index (χ0v) is 18.5. The number of urea groups is 1. The van der Waals surface area contributed by atoms with Crippen LogP contribution in [0.15, 0.2) is 24.3 Å². The molecule has 0 radical (unpaired) electrons. The summed E-state index contributed by atoms with van der Waals surface area (Å²) in [6.45, 7) is 2.89. The number of hydrogen-bond acceptors (Lipinski definition) is 7. The van der Waals surface area contributed by atoms with Crippen LogP contribution in [0.5, 0.6) is 0 Å². The maximum absolute atomic E-state index is 12.9. The van der Waals surface area contributed by atoms with Crippen LogP contribution in [0.3, 0.4) is 0 Å². The Labute approximate surface area is 180 Å². The van der Waals surface area contributed by atoms with Gasteiger partial charge in [0, 0.05) is 27.7 Å². The Bertz CT molecular complexity index is 807. The molecule has 30 heavy (non-hydrogen) atoms. The molecular weight excluding hydrogens is 406 g/mol. The van der Waals surface area contributed by atoms with Crippen LogP contribution < -0.4 is 16.0 Å². The maximum atomic E-state index is 12.9. The Morgan fingerprint density at radius 3 is 2.73 bits per heavy atom. The Hall–Kier alpha value is -2.14. The van der Waals surface area contributed by atoms with Gasteiger partial charge in [0.2, 0.25) is 11.8 Å². The lowest BCUT2D eigenvalue weighted by atomic mass is 9.95. The molecule has 0 spiro atoms. The van der Waals surface area contributed by atoms with Gasteiger partial charge in [-0.05, 0) is 12.5 Å². The highest BCUT2D eigenvalue weighted by Crippen LogP contribution is 2.34. The molecule has 164 valence electrons. The van der Waals surface area contributed by atoms with Crippen LogP contribution in [0.1, 0.15) is 17.3 Å². The minimum absolute atomic E-state index is 0.123. The second-order valence-corrected chi connectivity index (χ2v) is 8.65. The average molecular weight is 436 g/mol. The molecule has 4 unspecified atom stereocenters. The lowest BCUT2D eigenvalue weighted by Crippen LogP contribution is -2.72. The lowest BCUT2D eigenvalue weighted by Gasteiger charge is -2.50. The van der Waals surface area contributed by atoms with E-state index in [2.05, 4.69) is 22.0 Å². The van der Waals surface area contributed by atoms with E-state index in [4.69, 9.17) is 4.74 Å².